The number of nitrogens with zero attached hydrogens (tertiary/aromatic N) is 3. The van der Waals surface area contributed by atoms with Crippen molar-refractivity contribution in [3.8, 4) is 0 Å². The molecule has 3 aliphatic heterocycles. The number of carbonyl (C=O) groups is 3. The molecule has 3 saturated heterocycles. The normalized spacial score (nSPS) is 42.7. The molecule has 1 N–H and O–H groups in total. The second kappa shape index (κ2) is 16.6. The fourth-order valence-corrected chi connectivity index (χ4v) is 8.32. The number of Topliss-reactive ketones (excluding diaryl/α,β-unsaturated/α-hetero) is 1. The van der Waals surface area contributed by atoms with Gasteiger partial charge in [0.05, 0.1) is 24.2 Å². The standard InChI is InChI=1S/C36H65N3O9/c1-14-28-36(8)26(17-29(40)48-36)24(6)39(12)19-21(3)18-35(7,44-13)32(22(4)30(41)23(5)33(43)46-28)47-34-31(42)27(37(9)10)16-25(45-34)20-38(11)15-2/h21-28,31-32,34,42H,14-20H2,1-13H3/t21-,22+,23?,24-,25?,26-,27?,28-,31?,32-,34?,35-,36+/m1/s1. The second-order valence-corrected chi connectivity index (χ2v) is 15.5. The first-order valence-corrected chi connectivity index (χ1v) is 17.9. The number of methoxy groups -OCH3 is 1. The maximum Gasteiger partial charge on any atom is 0.316 e. The van der Waals surface area contributed by atoms with E-state index in [0.29, 0.717) is 32.4 Å². The molecule has 278 valence electrons. The summed E-state index contributed by atoms with van der Waals surface area (Å²) in [5.41, 5.74) is -2.04. The topological polar surface area (TPSA) is 127 Å². The van der Waals surface area contributed by atoms with Crippen LogP contribution in [0.1, 0.15) is 81.1 Å². The third kappa shape index (κ3) is 8.79. The van der Waals surface area contributed by atoms with Crippen molar-refractivity contribution in [3.05, 3.63) is 0 Å². The Hall–Kier alpha value is -1.67. The molecule has 12 nitrogen and oxygen atoms in total. The first-order chi connectivity index (χ1) is 22.3. The summed E-state index contributed by atoms with van der Waals surface area (Å²) in [6.45, 7) is 17.4. The van der Waals surface area contributed by atoms with Gasteiger partial charge in [-0.2, -0.15) is 0 Å². The van der Waals surface area contributed by atoms with Crippen molar-refractivity contribution in [1.29, 1.82) is 0 Å². The number of cyclic esters (lactones) is 1. The van der Waals surface area contributed by atoms with Crippen molar-refractivity contribution in [1.82, 2.24) is 14.7 Å². The van der Waals surface area contributed by atoms with Crippen LogP contribution in [0.5, 0.6) is 0 Å². The summed E-state index contributed by atoms with van der Waals surface area (Å²) in [6.07, 6.45) is -2.05. The molecule has 0 aromatic heterocycles. The number of fused-ring (bicyclic) bond motifs is 1. The molecule has 13 atom stereocenters. The molecule has 3 rings (SSSR count). The monoisotopic (exact) mass is 683 g/mol. The zero-order chi connectivity index (χ0) is 36.3. The molecule has 3 fully saturated rings. The van der Waals surface area contributed by atoms with Gasteiger partial charge >= 0.3 is 11.9 Å². The van der Waals surface area contributed by atoms with Crippen molar-refractivity contribution < 1.29 is 43.2 Å². The summed E-state index contributed by atoms with van der Waals surface area (Å²) in [6, 6.07) is -0.308. The van der Waals surface area contributed by atoms with Gasteiger partial charge in [0, 0.05) is 44.1 Å². The first kappa shape index (κ1) is 40.8. The average molecular weight is 684 g/mol. The molecule has 0 bridgehead atoms. The van der Waals surface area contributed by atoms with Gasteiger partial charge in [0.25, 0.3) is 0 Å². The maximum atomic E-state index is 14.2. The van der Waals surface area contributed by atoms with Crippen molar-refractivity contribution in [2.45, 2.75) is 135 Å². The number of hydrogen-bond donors (Lipinski definition) is 1. The Balaban J connectivity index is 2.06. The molecule has 12 heteroatoms. The Bertz CT molecular complexity index is 1110. The van der Waals surface area contributed by atoms with E-state index in [-0.39, 0.29) is 48.2 Å². The minimum absolute atomic E-state index is 0.0696. The molecular weight excluding hydrogens is 618 g/mol. The minimum Gasteiger partial charge on any atom is -0.458 e. The maximum absolute atomic E-state index is 14.2. The summed E-state index contributed by atoms with van der Waals surface area (Å²) in [4.78, 5) is 47.0. The van der Waals surface area contributed by atoms with E-state index in [1.54, 1.807) is 21.0 Å². The van der Waals surface area contributed by atoms with Gasteiger partial charge in [-0.25, -0.2) is 0 Å². The van der Waals surface area contributed by atoms with Crippen LogP contribution in [0.4, 0.5) is 0 Å². The van der Waals surface area contributed by atoms with Gasteiger partial charge in [-0.1, -0.05) is 27.7 Å². The number of ether oxygens (including phenoxy) is 5. The highest BCUT2D eigenvalue weighted by Crippen LogP contribution is 2.43. The molecule has 3 aliphatic rings. The molecule has 5 unspecified atom stereocenters. The smallest absolute Gasteiger partial charge is 0.316 e. The molecule has 3 heterocycles. The third-order valence-electron chi connectivity index (χ3n) is 11.6. The molecule has 0 amide bonds. The van der Waals surface area contributed by atoms with E-state index in [4.69, 9.17) is 23.7 Å². The summed E-state index contributed by atoms with van der Waals surface area (Å²) in [5, 5.41) is 11.6. The van der Waals surface area contributed by atoms with E-state index in [1.165, 1.54) is 0 Å². The zero-order valence-electron chi connectivity index (χ0n) is 31.9. The molecule has 0 aromatic rings. The highest BCUT2D eigenvalue weighted by atomic mass is 16.7. The van der Waals surface area contributed by atoms with Gasteiger partial charge in [0.1, 0.15) is 18.1 Å². The van der Waals surface area contributed by atoms with Crippen molar-refractivity contribution >= 4 is 17.7 Å². The van der Waals surface area contributed by atoms with E-state index >= 15 is 0 Å². The second-order valence-electron chi connectivity index (χ2n) is 15.5. The van der Waals surface area contributed by atoms with Crippen LogP contribution in [0, 0.1) is 23.7 Å². The Labute approximate surface area is 289 Å². The number of likely N-dealkylation sites (N-methyl/N-ethyl adjacent to an activating group) is 2. The minimum atomic E-state index is -1.12. The molecule has 0 spiro atoms. The van der Waals surface area contributed by atoms with E-state index in [0.717, 1.165) is 6.54 Å². The SMILES string of the molecule is CC[C@H]1OC(=O)C(C)C(=O)[C@H](C)[C@@H](OC2OC(CN(C)CC)CC(N(C)C)C2O)[C@](C)(OC)C[C@@H](C)CN(C)[C@H](C)[C@H]2CC(=O)O[C@@]21C. The van der Waals surface area contributed by atoms with Crippen molar-refractivity contribution in [2.24, 2.45) is 23.7 Å². The average Bonchev–Trinajstić information content (AvgIpc) is 3.34. The molecule has 0 aliphatic carbocycles. The van der Waals surface area contributed by atoms with Gasteiger partial charge < -0.3 is 43.5 Å². The molecule has 48 heavy (non-hydrogen) atoms. The third-order valence-corrected chi connectivity index (χ3v) is 11.6. The van der Waals surface area contributed by atoms with Crippen molar-refractivity contribution in [3.63, 3.8) is 0 Å². The summed E-state index contributed by atoms with van der Waals surface area (Å²) in [5.74, 6) is -3.46. The number of carbonyl (C=O) groups excluding carboxylic acids is 3. The van der Waals surface area contributed by atoms with E-state index in [2.05, 4.69) is 30.6 Å². The summed E-state index contributed by atoms with van der Waals surface area (Å²) < 4.78 is 31.5. The molecular formula is C36H65N3O9. The van der Waals surface area contributed by atoms with Gasteiger partial charge in [-0.15, -0.1) is 0 Å². The van der Waals surface area contributed by atoms with Crippen LogP contribution in [-0.4, -0.2) is 146 Å². The Morgan fingerprint density at radius 3 is 2.27 bits per heavy atom. The first-order valence-electron chi connectivity index (χ1n) is 17.9. The number of ketones is 1. The predicted octanol–water partition coefficient (Wildman–Crippen LogP) is 2.98. The fourth-order valence-electron chi connectivity index (χ4n) is 8.32. The lowest BCUT2D eigenvalue weighted by Gasteiger charge is -2.47. The quantitative estimate of drug-likeness (QED) is 0.299. The van der Waals surface area contributed by atoms with E-state index in [1.807, 2.05) is 53.9 Å². The predicted molar refractivity (Wildman–Crippen MR) is 182 cm³/mol. The Morgan fingerprint density at radius 2 is 1.71 bits per heavy atom. The van der Waals surface area contributed by atoms with Gasteiger partial charge in [0.15, 0.2) is 17.7 Å². The summed E-state index contributed by atoms with van der Waals surface area (Å²) >= 11 is 0. The van der Waals surface area contributed by atoms with Crippen LogP contribution in [0.15, 0.2) is 0 Å². The lowest BCUT2D eigenvalue weighted by Crippen LogP contribution is -2.60. The fraction of sp³-hybridized carbons (Fsp3) is 0.917. The van der Waals surface area contributed by atoms with Crippen molar-refractivity contribution in [2.75, 3.05) is 54.9 Å². The van der Waals surface area contributed by atoms with Crippen LogP contribution < -0.4 is 0 Å². The molecule has 0 saturated carbocycles. The molecule has 0 aromatic carbocycles. The van der Waals surface area contributed by atoms with Gasteiger partial charge in [-0.3, -0.25) is 14.4 Å². The van der Waals surface area contributed by atoms with Crippen LogP contribution in [-0.2, 0) is 38.1 Å². The number of hydrogen-bond acceptors (Lipinski definition) is 12. The highest BCUT2D eigenvalue weighted by molar-refractivity contribution is 6.00. The van der Waals surface area contributed by atoms with Gasteiger partial charge in [0.2, 0.25) is 0 Å². The van der Waals surface area contributed by atoms with Crippen LogP contribution in [0.25, 0.3) is 0 Å². The zero-order valence-corrected chi connectivity index (χ0v) is 31.9. The largest absolute Gasteiger partial charge is 0.458 e. The Morgan fingerprint density at radius 1 is 1.06 bits per heavy atom. The van der Waals surface area contributed by atoms with Crippen LogP contribution in [0.3, 0.4) is 0 Å². The number of aliphatic hydroxyl groups is 1. The van der Waals surface area contributed by atoms with Crippen LogP contribution >= 0.6 is 0 Å². The lowest BCUT2D eigenvalue weighted by molar-refractivity contribution is -0.298. The van der Waals surface area contributed by atoms with E-state index < -0.39 is 53.6 Å². The molecule has 0 radical (unpaired) electrons. The Kier molecular flexibility index (Phi) is 14.1. The number of rotatable bonds is 8. The highest BCUT2D eigenvalue weighted by Gasteiger charge is 2.56. The van der Waals surface area contributed by atoms with E-state index in [9.17, 15) is 19.5 Å². The number of esters is 2. The van der Waals surface area contributed by atoms with Crippen LogP contribution in [0.2, 0.25) is 0 Å². The number of aliphatic hydroxyl groups excluding tert-OH is 1. The van der Waals surface area contributed by atoms with Gasteiger partial charge in [-0.05, 0) is 87.6 Å². The summed E-state index contributed by atoms with van der Waals surface area (Å²) in [7, 11) is 9.52. The lowest BCUT2D eigenvalue weighted by atomic mass is 9.77.